The van der Waals surface area contributed by atoms with Crippen molar-refractivity contribution in [2.75, 3.05) is 5.32 Å². The topological polar surface area (TPSA) is 84.1 Å². The van der Waals surface area contributed by atoms with E-state index in [2.05, 4.69) is 15.3 Å². The summed E-state index contributed by atoms with van der Waals surface area (Å²) < 4.78 is 19.2. The Hall–Kier alpha value is -3.17. The molecule has 0 spiro atoms. The highest BCUT2D eigenvalue weighted by atomic mass is 32.2. The maximum Gasteiger partial charge on any atom is 0.259 e. The van der Waals surface area contributed by atoms with E-state index in [0.29, 0.717) is 39.0 Å². The predicted octanol–water partition coefficient (Wildman–Crippen LogP) is 5.79. The molecule has 9 heteroatoms. The van der Waals surface area contributed by atoms with Gasteiger partial charge in [0, 0.05) is 10.9 Å². The maximum absolute atomic E-state index is 13.5. The number of aryl methyl sites for hydroxylation is 2. The SMILES string of the molecule is Cc1sc2nc(CSC(C)C(=O)Nc3ccccc3Oc3cccc(F)c3)[nH]c(=O)c2c1C. The number of para-hydroxylation sites is 2. The van der Waals surface area contributed by atoms with Crippen LogP contribution in [0.5, 0.6) is 11.5 Å². The lowest BCUT2D eigenvalue weighted by Crippen LogP contribution is -2.23. The zero-order chi connectivity index (χ0) is 23.5. The molecule has 0 saturated heterocycles. The number of rotatable bonds is 7. The third-order valence-electron chi connectivity index (χ3n) is 5.10. The van der Waals surface area contributed by atoms with Crippen LogP contribution in [0.2, 0.25) is 0 Å². The molecule has 6 nitrogen and oxygen atoms in total. The Bertz CT molecular complexity index is 1380. The van der Waals surface area contributed by atoms with Gasteiger partial charge in [-0.3, -0.25) is 9.59 Å². The van der Waals surface area contributed by atoms with Crippen LogP contribution in [0.1, 0.15) is 23.2 Å². The third kappa shape index (κ3) is 5.26. The molecule has 2 aromatic heterocycles. The summed E-state index contributed by atoms with van der Waals surface area (Å²) in [6, 6.07) is 12.8. The van der Waals surface area contributed by atoms with Crippen molar-refractivity contribution in [3.8, 4) is 11.5 Å². The zero-order valence-corrected chi connectivity index (χ0v) is 19.9. The fraction of sp³-hybridized carbons (Fsp3) is 0.208. The van der Waals surface area contributed by atoms with Crippen molar-refractivity contribution < 1.29 is 13.9 Å². The molecule has 0 aliphatic heterocycles. The van der Waals surface area contributed by atoms with Crippen molar-refractivity contribution in [1.82, 2.24) is 9.97 Å². The van der Waals surface area contributed by atoms with Gasteiger partial charge in [0.15, 0.2) is 5.75 Å². The first-order valence-corrected chi connectivity index (χ1v) is 12.1. The minimum absolute atomic E-state index is 0.155. The third-order valence-corrected chi connectivity index (χ3v) is 7.35. The predicted molar refractivity (Wildman–Crippen MR) is 132 cm³/mol. The molecule has 0 saturated carbocycles. The molecule has 0 fully saturated rings. The van der Waals surface area contributed by atoms with Crippen LogP contribution in [0.4, 0.5) is 10.1 Å². The number of anilines is 1. The van der Waals surface area contributed by atoms with Gasteiger partial charge >= 0.3 is 0 Å². The first kappa shape index (κ1) is 23.0. The zero-order valence-electron chi connectivity index (χ0n) is 18.3. The minimum atomic E-state index is -0.417. The van der Waals surface area contributed by atoms with Crippen LogP contribution >= 0.6 is 23.1 Å². The van der Waals surface area contributed by atoms with Gasteiger partial charge < -0.3 is 15.0 Å². The number of halogens is 1. The molecular formula is C24H22FN3O3S2. The van der Waals surface area contributed by atoms with Gasteiger partial charge in [-0.1, -0.05) is 18.2 Å². The number of thiophene rings is 1. The molecule has 33 heavy (non-hydrogen) atoms. The highest BCUT2D eigenvalue weighted by molar-refractivity contribution is 7.99. The van der Waals surface area contributed by atoms with E-state index in [1.54, 1.807) is 43.3 Å². The number of ether oxygens (including phenoxy) is 1. The molecule has 0 bridgehead atoms. The monoisotopic (exact) mass is 483 g/mol. The molecule has 0 aliphatic carbocycles. The van der Waals surface area contributed by atoms with E-state index < -0.39 is 11.1 Å². The first-order chi connectivity index (χ1) is 15.8. The van der Waals surface area contributed by atoms with Crippen molar-refractivity contribution in [3.63, 3.8) is 0 Å². The van der Waals surface area contributed by atoms with Crippen molar-refractivity contribution in [2.45, 2.75) is 31.8 Å². The molecule has 170 valence electrons. The van der Waals surface area contributed by atoms with Gasteiger partial charge in [0.25, 0.3) is 5.56 Å². The van der Waals surface area contributed by atoms with E-state index in [1.165, 1.54) is 35.2 Å². The minimum Gasteiger partial charge on any atom is -0.455 e. The van der Waals surface area contributed by atoms with Crippen molar-refractivity contribution in [3.05, 3.63) is 81.0 Å². The van der Waals surface area contributed by atoms with E-state index in [9.17, 15) is 14.0 Å². The summed E-state index contributed by atoms with van der Waals surface area (Å²) in [7, 11) is 0. The number of amides is 1. The summed E-state index contributed by atoms with van der Waals surface area (Å²) in [5.74, 6) is 1.04. The summed E-state index contributed by atoms with van der Waals surface area (Å²) in [6.07, 6.45) is 0. The van der Waals surface area contributed by atoms with Crippen LogP contribution in [0.15, 0.2) is 53.3 Å². The second-order valence-electron chi connectivity index (χ2n) is 7.47. The average molecular weight is 484 g/mol. The number of carbonyl (C=O) groups is 1. The Kier molecular flexibility index (Phi) is 6.80. The van der Waals surface area contributed by atoms with Gasteiger partial charge in [0.05, 0.1) is 22.1 Å². The van der Waals surface area contributed by atoms with Crippen LogP contribution in [-0.2, 0) is 10.5 Å². The highest BCUT2D eigenvalue weighted by Crippen LogP contribution is 2.31. The number of nitrogens with one attached hydrogen (secondary N) is 2. The fourth-order valence-corrected chi connectivity index (χ4v) is 5.00. The Labute approximate surface area is 198 Å². The van der Waals surface area contributed by atoms with E-state index >= 15 is 0 Å². The largest absolute Gasteiger partial charge is 0.455 e. The number of aromatic nitrogens is 2. The molecule has 0 radical (unpaired) electrons. The highest BCUT2D eigenvalue weighted by Gasteiger charge is 2.18. The van der Waals surface area contributed by atoms with Crippen LogP contribution < -0.4 is 15.6 Å². The van der Waals surface area contributed by atoms with Gasteiger partial charge in [0.1, 0.15) is 22.2 Å². The maximum atomic E-state index is 13.5. The molecular weight excluding hydrogens is 461 g/mol. The lowest BCUT2D eigenvalue weighted by atomic mass is 10.2. The van der Waals surface area contributed by atoms with Crippen LogP contribution in [-0.4, -0.2) is 21.1 Å². The molecule has 2 aromatic carbocycles. The number of benzene rings is 2. The number of thioether (sulfide) groups is 1. The quantitative estimate of drug-likeness (QED) is 0.347. The van der Waals surface area contributed by atoms with Gasteiger partial charge in [-0.25, -0.2) is 9.37 Å². The van der Waals surface area contributed by atoms with Gasteiger partial charge in [0.2, 0.25) is 5.91 Å². The number of H-pyrrole nitrogens is 1. The first-order valence-electron chi connectivity index (χ1n) is 10.3. The van der Waals surface area contributed by atoms with E-state index in [1.807, 2.05) is 13.8 Å². The second kappa shape index (κ2) is 9.76. The van der Waals surface area contributed by atoms with E-state index in [-0.39, 0.29) is 11.5 Å². The smallest absolute Gasteiger partial charge is 0.259 e. The molecule has 2 heterocycles. The summed E-state index contributed by atoms with van der Waals surface area (Å²) in [5, 5.41) is 3.08. The lowest BCUT2D eigenvalue weighted by Gasteiger charge is -2.15. The van der Waals surface area contributed by atoms with Crippen molar-refractivity contribution in [1.29, 1.82) is 0 Å². The standard InChI is InChI=1S/C24H22FN3O3S2/c1-13-14(2)33-24-21(13)23(30)27-20(28-24)12-32-15(3)22(29)26-18-9-4-5-10-19(18)31-17-8-6-7-16(25)11-17/h4-11,15H,12H2,1-3H3,(H,26,29)(H,27,28,30). The molecule has 4 aromatic rings. The fourth-order valence-electron chi connectivity index (χ4n) is 3.20. The number of aromatic amines is 1. The summed E-state index contributed by atoms with van der Waals surface area (Å²) in [5.41, 5.74) is 1.28. The summed E-state index contributed by atoms with van der Waals surface area (Å²) >= 11 is 2.86. The number of nitrogens with zero attached hydrogens (tertiary/aromatic N) is 1. The Morgan fingerprint density at radius 2 is 2.03 bits per heavy atom. The van der Waals surface area contributed by atoms with Gasteiger partial charge in [-0.05, 0) is 50.6 Å². The number of fused-ring (bicyclic) bond motifs is 1. The van der Waals surface area contributed by atoms with Crippen molar-refractivity contribution >= 4 is 44.9 Å². The Morgan fingerprint density at radius 1 is 1.24 bits per heavy atom. The normalized spacial score (nSPS) is 12.0. The van der Waals surface area contributed by atoms with E-state index in [0.717, 1.165) is 10.4 Å². The van der Waals surface area contributed by atoms with Crippen LogP contribution in [0.3, 0.4) is 0 Å². The molecule has 1 amide bonds. The average Bonchev–Trinajstić information content (AvgIpc) is 3.07. The van der Waals surface area contributed by atoms with E-state index in [4.69, 9.17) is 4.74 Å². The summed E-state index contributed by atoms with van der Waals surface area (Å²) in [4.78, 5) is 34.4. The molecule has 0 aliphatic rings. The summed E-state index contributed by atoms with van der Waals surface area (Å²) in [6.45, 7) is 5.67. The molecule has 4 rings (SSSR count). The number of hydrogen-bond donors (Lipinski definition) is 2. The Balaban J connectivity index is 1.42. The van der Waals surface area contributed by atoms with Crippen LogP contribution in [0, 0.1) is 19.7 Å². The Morgan fingerprint density at radius 3 is 2.82 bits per heavy atom. The molecule has 1 atom stereocenters. The van der Waals surface area contributed by atoms with Crippen LogP contribution in [0.25, 0.3) is 10.2 Å². The number of carbonyl (C=O) groups excluding carboxylic acids is 1. The van der Waals surface area contributed by atoms with Gasteiger partial charge in [-0.2, -0.15) is 0 Å². The second-order valence-corrected chi connectivity index (χ2v) is 10.0. The van der Waals surface area contributed by atoms with Gasteiger partial charge in [-0.15, -0.1) is 23.1 Å². The lowest BCUT2D eigenvalue weighted by molar-refractivity contribution is -0.115. The number of hydrogen-bond acceptors (Lipinski definition) is 6. The molecule has 2 N–H and O–H groups in total. The van der Waals surface area contributed by atoms with Crippen molar-refractivity contribution in [2.24, 2.45) is 0 Å². The molecule has 1 unspecified atom stereocenters.